The lowest BCUT2D eigenvalue weighted by Crippen LogP contribution is -2.03. The zero-order valence-corrected chi connectivity index (χ0v) is 4.22. The van der Waals surface area contributed by atoms with Crippen LogP contribution in [-0.4, -0.2) is 11.4 Å². The second kappa shape index (κ2) is 1.67. The first-order chi connectivity index (χ1) is 2.89. The van der Waals surface area contributed by atoms with Gasteiger partial charge in [-0.25, -0.2) is 0 Å². The molecule has 0 spiro atoms. The molecule has 0 aromatic carbocycles. The Bertz CT molecular complexity index is 61.9. The molecule has 0 saturated carbocycles. The van der Waals surface area contributed by atoms with Gasteiger partial charge in [0, 0.05) is 18.0 Å². The van der Waals surface area contributed by atoms with Crippen LogP contribution in [0.5, 0.6) is 0 Å². The lowest BCUT2D eigenvalue weighted by atomic mass is 10.4. The average Bonchev–Trinajstić information content (AvgIpc) is 1.86. The number of nitrogens with one attached hydrogen (secondary N) is 1. The van der Waals surface area contributed by atoms with Crippen molar-refractivity contribution in [2.45, 2.75) is 6.42 Å². The van der Waals surface area contributed by atoms with Crippen LogP contribution in [0.15, 0.2) is 0 Å². The second-order valence-corrected chi connectivity index (χ2v) is 1.91. The second-order valence-electron chi connectivity index (χ2n) is 1.33. The first-order valence-electron chi connectivity index (χ1n) is 1.96. The Morgan fingerprint density at radius 3 is 2.83 bits per heavy atom. The van der Waals surface area contributed by atoms with Crippen LogP contribution in [-0.2, 0) is 0 Å². The minimum atomic E-state index is 0.912. The summed E-state index contributed by atoms with van der Waals surface area (Å²) >= 11 is 4.83. The van der Waals surface area contributed by atoms with Crippen LogP contribution in [0.1, 0.15) is 6.42 Å². The van der Waals surface area contributed by atoms with Gasteiger partial charge in [-0.3, -0.25) is 0 Å². The molecular formula is C4H6NS. The molecule has 0 aromatic rings. The number of thiocarbonyl (C=S) groups is 1. The summed E-state index contributed by atoms with van der Waals surface area (Å²) in [6.45, 7) is 2.90. The molecule has 0 atom stereocenters. The fraction of sp³-hybridized carbons (Fsp3) is 0.500. The number of hydrogen-bond acceptors (Lipinski definition) is 2. The molecule has 0 aromatic heterocycles. The van der Waals surface area contributed by atoms with E-state index in [1.165, 1.54) is 0 Å². The maximum absolute atomic E-state index is 4.83. The van der Waals surface area contributed by atoms with Crippen molar-refractivity contribution in [1.82, 2.24) is 5.32 Å². The summed E-state index contributed by atoms with van der Waals surface area (Å²) in [4.78, 5) is 1.12. The van der Waals surface area contributed by atoms with Gasteiger partial charge in [-0.1, -0.05) is 12.2 Å². The zero-order valence-electron chi connectivity index (χ0n) is 3.40. The predicted molar refractivity (Wildman–Crippen MR) is 29.5 cm³/mol. The smallest absolute Gasteiger partial charge is 0.0273 e. The Morgan fingerprint density at radius 2 is 2.67 bits per heavy atom. The standard InChI is InChI=1S/C4H6NS/c6-4-1-2-5-3-4/h2,5H,1,3H2. The van der Waals surface area contributed by atoms with Gasteiger partial charge in [0.1, 0.15) is 0 Å². The molecule has 1 fully saturated rings. The van der Waals surface area contributed by atoms with Crippen molar-refractivity contribution in [3.8, 4) is 0 Å². The third-order valence-electron chi connectivity index (χ3n) is 0.773. The molecule has 1 nitrogen and oxygen atoms in total. The van der Waals surface area contributed by atoms with E-state index in [-0.39, 0.29) is 0 Å². The van der Waals surface area contributed by atoms with Crippen LogP contribution in [0.2, 0.25) is 0 Å². The van der Waals surface area contributed by atoms with Crippen molar-refractivity contribution in [3.05, 3.63) is 6.54 Å². The molecule has 6 heavy (non-hydrogen) atoms. The Balaban J connectivity index is 2.37. The summed E-state index contributed by atoms with van der Waals surface area (Å²) in [6.07, 6.45) is 0.981. The van der Waals surface area contributed by atoms with Crippen LogP contribution in [0.25, 0.3) is 0 Å². The predicted octanol–water partition coefficient (Wildman–Crippen LogP) is 0.511. The topological polar surface area (TPSA) is 12.0 Å². The van der Waals surface area contributed by atoms with Crippen molar-refractivity contribution in [1.29, 1.82) is 0 Å². The molecule has 0 bridgehead atoms. The summed E-state index contributed by atoms with van der Waals surface area (Å²) < 4.78 is 0. The molecule has 1 aliphatic rings. The summed E-state index contributed by atoms with van der Waals surface area (Å²) in [5, 5.41) is 3.01. The SMILES string of the molecule is S=C1C[CH]NC1. The van der Waals surface area contributed by atoms with E-state index in [1.807, 2.05) is 6.54 Å². The molecule has 33 valence electrons. The Hall–Kier alpha value is 0.0500. The van der Waals surface area contributed by atoms with Crippen LogP contribution >= 0.6 is 12.2 Å². The molecule has 1 heterocycles. The molecule has 1 aliphatic heterocycles. The summed E-state index contributed by atoms with van der Waals surface area (Å²) in [5.74, 6) is 0. The van der Waals surface area contributed by atoms with Crippen LogP contribution in [0.4, 0.5) is 0 Å². The summed E-state index contributed by atoms with van der Waals surface area (Å²) in [5.41, 5.74) is 0. The van der Waals surface area contributed by atoms with Gasteiger partial charge in [0.05, 0.1) is 0 Å². The lowest BCUT2D eigenvalue weighted by molar-refractivity contribution is 0.979. The zero-order chi connectivity index (χ0) is 4.41. The van der Waals surface area contributed by atoms with Gasteiger partial charge in [0.15, 0.2) is 0 Å². The number of rotatable bonds is 0. The Labute approximate surface area is 42.7 Å². The van der Waals surface area contributed by atoms with Crippen LogP contribution in [0.3, 0.4) is 0 Å². The first-order valence-corrected chi connectivity index (χ1v) is 2.37. The molecule has 1 N–H and O–H groups in total. The minimum absolute atomic E-state index is 0.912. The van der Waals surface area contributed by atoms with E-state index in [1.54, 1.807) is 0 Å². The third kappa shape index (κ3) is 0.758. The van der Waals surface area contributed by atoms with E-state index >= 15 is 0 Å². The highest BCUT2D eigenvalue weighted by Gasteiger charge is 2.02. The molecule has 1 radical (unpaired) electrons. The molecule has 0 aliphatic carbocycles. The van der Waals surface area contributed by atoms with E-state index in [0.717, 1.165) is 17.8 Å². The van der Waals surface area contributed by atoms with Crippen molar-refractivity contribution < 1.29 is 0 Å². The highest BCUT2D eigenvalue weighted by molar-refractivity contribution is 7.80. The normalized spacial score (nSPS) is 22.3. The lowest BCUT2D eigenvalue weighted by Gasteiger charge is -1.77. The van der Waals surface area contributed by atoms with Gasteiger partial charge in [-0.05, 0) is 6.42 Å². The largest absolute Gasteiger partial charge is 0.307 e. The summed E-state index contributed by atoms with van der Waals surface area (Å²) in [6, 6.07) is 0. The highest BCUT2D eigenvalue weighted by Crippen LogP contribution is 1.94. The van der Waals surface area contributed by atoms with Crippen molar-refractivity contribution in [2.75, 3.05) is 6.54 Å². The van der Waals surface area contributed by atoms with E-state index < -0.39 is 0 Å². The maximum Gasteiger partial charge on any atom is 0.0273 e. The van der Waals surface area contributed by atoms with Crippen molar-refractivity contribution in [2.24, 2.45) is 0 Å². The van der Waals surface area contributed by atoms with Crippen molar-refractivity contribution in [3.63, 3.8) is 0 Å². The van der Waals surface area contributed by atoms with Crippen LogP contribution < -0.4 is 5.32 Å². The maximum atomic E-state index is 4.83. The average molecular weight is 100 g/mol. The van der Waals surface area contributed by atoms with Gasteiger partial charge in [0.2, 0.25) is 0 Å². The Kier molecular flexibility index (Phi) is 1.17. The molecule has 0 amide bonds. The highest BCUT2D eigenvalue weighted by atomic mass is 32.1. The molecule has 0 unspecified atom stereocenters. The van der Waals surface area contributed by atoms with Gasteiger partial charge < -0.3 is 5.32 Å². The van der Waals surface area contributed by atoms with E-state index in [0.29, 0.717) is 0 Å². The van der Waals surface area contributed by atoms with Crippen molar-refractivity contribution >= 4 is 17.1 Å². The van der Waals surface area contributed by atoms with Gasteiger partial charge in [-0.15, -0.1) is 0 Å². The first kappa shape index (κ1) is 4.22. The fourth-order valence-corrected chi connectivity index (χ4v) is 0.611. The van der Waals surface area contributed by atoms with Gasteiger partial charge in [-0.2, -0.15) is 0 Å². The van der Waals surface area contributed by atoms with E-state index in [9.17, 15) is 0 Å². The van der Waals surface area contributed by atoms with Gasteiger partial charge in [0.25, 0.3) is 0 Å². The minimum Gasteiger partial charge on any atom is -0.307 e. The third-order valence-corrected chi connectivity index (χ3v) is 1.08. The summed E-state index contributed by atoms with van der Waals surface area (Å²) in [7, 11) is 0. The van der Waals surface area contributed by atoms with Gasteiger partial charge >= 0.3 is 0 Å². The fourth-order valence-electron chi connectivity index (χ4n) is 0.444. The molecule has 1 saturated heterocycles. The van der Waals surface area contributed by atoms with E-state index in [4.69, 9.17) is 12.2 Å². The molecule has 2 heteroatoms. The quantitative estimate of drug-likeness (QED) is 0.445. The molecular weight excluding hydrogens is 94.1 g/mol. The Morgan fingerprint density at radius 1 is 1.83 bits per heavy atom. The van der Waals surface area contributed by atoms with E-state index in [2.05, 4.69) is 5.32 Å². The van der Waals surface area contributed by atoms with Crippen LogP contribution in [0, 0.1) is 6.54 Å². The monoisotopic (exact) mass is 100 g/mol. The number of hydrogen-bond donors (Lipinski definition) is 1. The molecule has 1 rings (SSSR count).